The zero-order valence-corrected chi connectivity index (χ0v) is 18.5. The summed E-state index contributed by atoms with van der Waals surface area (Å²) in [6, 6.07) is 8.97. The van der Waals surface area contributed by atoms with Crippen molar-refractivity contribution < 1.29 is 17.9 Å². The summed E-state index contributed by atoms with van der Waals surface area (Å²) in [4.78, 5) is 17.3. The van der Waals surface area contributed by atoms with Crippen molar-refractivity contribution in [1.29, 1.82) is 0 Å². The van der Waals surface area contributed by atoms with E-state index in [1.807, 2.05) is 20.8 Å². The third-order valence-electron chi connectivity index (χ3n) is 5.45. The molecule has 2 aromatic rings. The molecule has 0 aliphatic carbocycles. The van der Waals surface area contributed by atoms with Gasteiger partial charge in [-0.3, -0.25) is 4.79 Å². The fraction of sp³-hybridized carbons (Fsp3) is 0.409. The van der Waals surface area contributed by atoms with E-state index in [4.69, 9.17) is 4.74 Å². The van der Waals surface area contributed by atoms with Gasteiger partial charge in [-0.25, -0.2) is 8.42 Å². The van der Waals surface area contributed by atoms with Gasteiger partial charge in [0, 0.05) is 43.7 Å². The van der Waals surface area contributed by atoms with Gasteiger partial charge in [-0.1, -0.05) is 6.07 Å². The molecule has 0 atom stereocenters. The van der Waals surface area contributed by atoms with Crippen molar-refractivity contribution in [2.75, 3.05) is 44.4 Å². The van der Waals surface area contributed by atoms with Crippen molar-refractivity contribution in [1.82, 2.24) is 4.90 Å². The van der Waals surface area contributed by atoms with Crippen LogP contribution >= 0.6 is 0 Å². The summed E-state index contributed by atoms with van der Waals surface area (Å²) in [5, 5.41) is 0. The molecule has 0 bridgehead atoms. The number of ether oxygens (including phenoxy) is 1. The molecular formula is C22H28N2O4S. The van der Waals surface area contributed by atoms with Crippen molar-refractivity contribution in [3.8, 4) is 5.75 Å². The molecule has 6 nitrogen and oxygen atoms in total. The van der Waals surface area contributed by atoms with Gasteiger partial charge in [0.05, 0.1) is 12.0 Å². The van der Waals surface area contributed by atoms with Gasteiger partial charge in [0.15, 0.2) is 9.84 Å². The number of aryl methyl sites for hydroxylation is 3. The normalized spacial score (nSPS) is 14.8. The second-order valence-electron chi connectivity index (χ2n) is 7.64. The van der Waals surface area contributed by atoms with E-state index < -0.39 is 9.84 Å². The Morgan fingerprint density at radius 2 is 1.52 bits per heavy atom. The Labute approximate surface area is 173 Å². The van der Waals surface area contributed by atoms with E-state index in [0.29, 0.717) is 18.7 Å². The minimum Gasteiger partial charge on any atom is -0.496 e. The number of nitrogens with zero attached hydrogens (tertiary/aromatic N) is 2. The van der Waals surface area contributed by atoms with Crippen LogP contribution in [0.5, 0.6) is 5.75 Å². The number of benzene rings is 2. The Bertz CT molecular complexity index is 1020. The zero-order valence-electron chi connectivity index (χ0n) is 17.7. The highest BCUT2D eigenvalue weighted by atomic mass is 32.2. The van der Waals surface area contributed by atoms with Crippen molar-refractivity contribution in [2.24, 2.45) is 0 Å². The molecule has 0 N–H and O–H groups in total. The van der Waals surface area contributed by atoms with Gasteiger partial charge in [-0.15, -0.1) is 0 Å². The molecule has 29 heavy (non-hydrogen) atoms. The van der Waals surface area contributed by atoms with Crippen molar-refractivity contribution in [2.45, 2.75) is 25.7 Å². The fourth-order valence-electron chi connectivity index (χ4n) is 3.83. The maximum Gasteiger partial charge on any atom is 0.254 e. The molecule has 0 spiro atoms. The monoisotopic (exact) mass is 416 g/mol. The van der Waals surface area contributed by atoms with E-state index in [2.05, 4.69) is 17.0 Å². The molecular weight excluding hydrogens is 388 g/mol. The zero-order chi connectivity index (χ0) is 21.3. The van der Waals surface area contributed by atoms with E-state index in [1.54, 1.807) is 24.1 Å². The Balaban J connectivity index is 1.75. The molecule has 7 heteroatoms. The first-order valence-corrected chi connectivity index (χ1v) is 11.5. The molecule has 1 aliphatic rings. The molecule has 2 aromatic carbocycles. The predicted molar refractivity (Wildman–Crippen MR) is 115 cm³/mol. The second-order valence-corrected chi connectivity index (χ2v) is 9.66. The average molecular weight is 417 g/mol. The highest BCUT2D eigenvalue weighted by molar-refractivity contribution is 7.90. The van der Waals surface area contributed by atoms with Gasteiger partial charge in [0.1, 0.15) is 5.75 Å². The number of rotatable bonds is 4. The van der Waals surface area contributed by atoms with Gasteiger partial charge >= 0.3 is 0 Å². The standard InChI is InChI=1S/C22H28N2O4S/c1-15-6-7-19(29(5,26)27)14-20(15)22(25)24-10-8-23(9-11-24)18-12-16(2)21(28-4)17(3)13-18/h6-7,12-14H,8-11H2,1-5H3. The quantitative estimate of drug-likeness (QED) is 0.767. The van der Waals surface area contributed by atoms with Gasteiger partial charge < -0.3 is 14.5 Å². The minimum absolute atomic E-state index is 0.116. The SMILES string of the molecule is COc1c(C)cc(N2CCN(C(=O)c3cc(S(C)(=O)=O)ccc3C)CC2)cc1C. The van der Waals surface area contributed by atoms with E-state index >= 15 is 0 Å². The number of hydrogen-bond acceptors (Lipinski definition) is 5. The lowest BCUT2D eigenvalue weighted by molar-refractivity contribution is 0.0746. The lowest BCUT2D eigenvalue weighted by atomic mass is 10.1. The van der Waals surface area contributed by atoms with Gasteiger partial charge in [0.2, 0.25) is 0 Å². The molecule has 156 valence electrons. The molecule has 0 unspecified atom stereocenters. The summed E-state index contributed by atoms with van der Waals surface area (Å²) >= 11 is 0. The first kappa shape index (κ1) is 21.2. The van der Waals surface area contributed by atoms with Crippen LogP contribution in [-0.4, -0.2) is 58.8 Å². The molecule has 1 aliphatic heterocycles. The van der Waals surface area contributed by atoms with Crippen LogP contribution in [0, 0.1) is 20.8 Å². The summed E-state index contributed by atoms with van der Waals surface area (Å²) in [7, 11) is -1.67. The van der Waals surface area contributed by atoms with Crippen molar-refractivity contribution >= 4 is 21.4 Å². The Morgan fingerprint density at radius 1 is 0.931 bits per heavy atom. The number of sulfone groups is 1. The molecule has 3 rings (SSSR count). The summed E-state index contributed by atoms with van der Waals surface area (Å²) in [6.07, 6.45) is 1.16. The van der Waals surface area contributed by atoms with Crippen LogP contribution < -0.4 is 9.64 Å². The molecule has 1 fully saturated rings. The van der Waals surface area contributed by atoms with Crippen LogP contribution in [0.2, 0.25) is 0 Å². The number of methoxy groups -OCH3 is 1. The molecule has 1 saturated heterocycles. The van der Waals surface area contributed by atoms with Crippen molar-refractivity contribution in [3.05, 3.63) is 52.6 Å². The summed E-state index contributed by atoms with van der Waals surface area (Å²) in [5.41, 5.74) is 4.55. The third-order valence-corrected chi connectivity index (χ3v) is 6.56. The van der Waals surface area contributed by atoms with Crippen LogP contribution in [0.15, 0.2) is 35.2 Å². The number of hydrogen-bond donors (Lipinski definition) is 0. The van der Waals surface area contributed by atoms with E-state index in [0.717, 1.165) is 47.5 Å². The Morgan fingerprint density at radius 3 is 2.03 bits per heavy atom. The third kappa shape index (κ3) is 4.40. The van der Waals surface area contributed by atoms with E-state index in [1.165, 1.54) is 6.07 Å². The maximum atomic E-state index is 13.0. The molecule has 1 amide bonds. The average Bonchev–Trinajstić information content (AvgIpc) is 2.67. The van der Waals surface area contributed by atoms with E-state index in [9.17, 15) is 13.2 Å². The van der Waals surface area contributed by atoms with Crippen LogP contribution in [0.3, 0.4) is 0 Å². The largest absolute Gasteiger partial charge is 0.496 e. The van der Waals surface area contributed by atoms with Crippen LogP contribution in [0.1, 0.15) is 27.0 Å². The second kappa shape index (κ2) is 8.06. The van der Waals surface area contributed by atoms with Gasteiger partial charge in [-0.2, -0.15) is 0 Å². The van der Waals surface area contributed by atoms with E-state index in [-0.39, 0.29) is 10.8 Å². The molecule has 1 heterocycles. The van der Waals surface area contributed by atoms with Gasteiger partial charge in [-0.05, 0) is 61.7 Å². The summed E-state index contributed by atoms with van der Waals surface area (Å²) in [6.45, 7) is 8.53. The highest BCUT2D eigenvalue weighted by Crippen LogP contribution is 2.29. The lowest BCUT2D eigenvalue weighted by Crippen LogP contribution is -2.49. The molecule has 0 aromatic heterocycles. The Kier molecular flexibility index (Phi) is 5.89. The van der Waals surface area contributed by atoms with Crippen LogP contribution in [0.25, 0.3) is 0 Å². The first-order chi connectivity index (χ1) is 13.6. The number of anilines is 1. The van der Waals surface area contributed by atoms with Crippen LogP contribution in [-0.2, 0) is 9.84 Å². The minimum atomic E-state index is -3.35. The summed E-state index contributed by atoms with van der Waals surface area (Å²) < 4.78 is 29.2. The number of carbonyl (C=O) groups is 1. The topological polar surface area (TPSA) is 66.9 Å². The number of amides is 1. The lowest BCUT2D eigenvalue weighted by Gasteiger charge is -2.36. The Hall–Kier alpha value is -2.54. The fourth-order valence-corrected chi connectivity index (χ4v) is 4.48. The molecule has 0 radical (unpaired) electrons. The number of carbonyl (C=O) groups excluding carboxylic acids is 1. The first-order valence-electron chi connectivity index (χ1n) is 9.62. The summed E-state index contributed by atoms with van der Waals surface area (Å²) in [5.74, 6) is 0.790. The smallest absolute Gasteiger partial charge is 0.254 e. The van der Waals surface area contributed by atoms with Crippen LogP contribution in [0.4, 0.5) is 5.69 Å². The molecule has 0 saturated carbocycles. The predicted octanol–water partition coefficient (Wildman–Crippen LogP) is 2.99. The van der Waals surface area contributed by atoms with Crippen molar-refractivity contribution in [3.63, 3.8) is 0 Å². The highest BCUT2D eigenvalue weighted by Gasteiger charge is 2.25. The number of piperazine rings is 1. The van der Waals surface area contributed by atoms with Gasteiger partial charge in [0.25, 0.3) is 5.91 Å². The maximum absolute atomic E-state index is 13.0.